The Hall–Kier alpha value is -1.36. The Morgan fingerprint density at radius 1 is 1.25 bits per heavy atom. The lowest BCUT2D eigenvalue weighted by molar-refractivity contribution is 0.0167. The molecule has 0 radical (unpaired) electrons. The molecule has 1 aromatic carbocycles. The fourth-order valence-corrected chi connectivity index (χ4v) is 2.94. The van der Waals surface area contributed by atoms with Crippen molar-refractivity contribution in [1.82, 2.24) is 5.32 Å². The minimum Gasteiger partial charge on any atom is -0.486 e. The van der Waals surface area contributed by atoms with Gasteiger partial charge in [0.05, 0.1) is 0 Å². The van der Waals surface area contributed by atoms with Crippen LogP contribution in [0.4, 0.5) is 8.78 Å². The number of hydrogen-bond donors (Lipinski definition) is 1. The second-order valence-electron chi connectivity index (χ2n) is 5.80. The van der Waals surface area contributed by atoms with Crippen molar-refractivity contribution in [2.45, 2.75) is 38.2 Å². The molecule has 1 atom stereocenters. The highest BCUT2D eigenvalue weighted by Gasteiger charge is 2.37. The molecule has 0 spiro atoms. The molecule has 20 heavy (non-hydrogen) atoms. The van der Waals surface area contributed by atoms with Crippen molar-refractivity contribution in [3.63, 3.8) is 0 Å². The molecule has 5 heteroatoms. The van der Waals surface area contributed by atoms with E-state index < -0.39 is 5.92 Å². The topological polar surface area (TPSA) is 30.5 Å². The Labute approximate surface area is 117 Å². The Morgan fingerprint density at radius 3 is 2.65 bits per heavy atom. The van der Waals surface area contributed by atoms with Crippen molar-refractivity contribution in [3.05, 3.63) is 23.3 Å². The van der Waals surface area contributed by atoms with Crippen molar-refractivity contribution in [2.75, 3.05) is 19.8 Å². The molecule has 0 amide bonds. The molecule has 1 fully saturated rings. The summed E-state index contributed by atoms with van der Waals surface area (Å²) in [4.78, 5) is 0. The lowest BCUT2D eigenvalue weighted by Gasteiger charge is -2.31. The van der Waals surface area contributed by atoms with Crippen LogP contribution in [0.5, 0.6) is 11.5 Å². The lowest BCUT2D eigenvalue weighted by atomic mass is 9.87. The maximum absolute atomic E-state index is 13.7. The van der Waals surface area contributed by atoms with Crippen molar-refractivity contribution < 1.29 is 18.3 Å². The minimum atomic E-state index is -2.89. The van der Waals surface area contributed by atoms with E-state index in [0.29, 0.717) is 24.7 Å². The van der Waals surface area contributed by atoms with Gasteiger partial charge in [0.2, 0.25) is 0 Å². The first-order valence-corrected chi connectivity index (χ1v) is 6.98. The quantitative estimate of drug-likeness (QED) is 0.904. The van der Waals surface area contributed by atoms with Gasteiger partial charge in [0.1, 0.15) is 13.2 Å². The van der Waals surface area contributed by atoms with Gasteiger partial charge >= 0.3 is 0 Å². The lowest BCUT2D eigenvalue weighted by Crippen LogP contribution is -2.35. The highest BCUT2D eigenvalue weighted by atomic mass is 19.3. The van der Waals surface area contributed by atoms with Crippen LogP contribution in [0.15, 0.2) is 12.1 Å². The fraction of sp³-hybridized carbons (Fsp3) is 0.600. The van der Waals surface area contributed by atoms with Gasteiger partial charge in [-0.2, -0.15) is 0 Å². The summed E-state index contributed by atoms with van der Waals surface area (Å²) in [6.07, 6.45) is 1.93. The van der Waals surface area contributed by atoms with Crippen LogP contribution in [0.25, 0.3) is 0 Å². The largest absolute Gasteiger partial charge is 0.486 e. The van der Waals surface area contributed by atoms with Crippen LogP contribution in [0.2, 0.25) is 0 Å². The molecule has 0 aromatic heterocycles. The summed E-state index contributed by atoms with van der Waals surface area (Å²) in [5.74, 6) is -1.85. The molecule has 2 heterocycles. The zero-order valence-corrected chi connectivity index (χ0v) is 11.8. The number of benzene rings is 1. The van der Waals surface area contributed by atoms with E-state index in [2.05, 4.69) is 5.32 Å². The molecular weight excluding hydrogens is 264 g/mol. The molecule has 0 bridgehead atoms. The van der Waals surface area contributed by atoms with Gasteiger partial charge in [-0.05, 0) is 38.4 Å². The Morgan fingerprint density at radius 2 is 2.00 bits per heavy atom. The van der Waals surface area contributed by atoms with Gasteiger partial charge in [-0.25, -0.2) is 8.78 Å². The number of hydrogen-bond acceptors (Lipinski definition) is 3. The summed E-state index contributed by atoms with van der Waals surface area (Å²) in [6.45, 7) is 4.68. The van der Waals surface area contributed by atoms with E-state index in [1.807, 2.05) is 6.92 Å². The molecule has 1 N–H and O–H groups in total. The first-order chi connectivity index (χ1) is 9.40. The van der Waals surface area contributed by atoms with E-state index in [4.69, 9.17) is 9.47 Å². The molecule has 0 saturated carbocycles. The third kappa shape index (κ3) is 2.24. The standard InChI is InChI=1S/C15H19F2NO2/c1-14(4-3-5-18-14)11-8-10(15(2,16)17)9-12-13(11)20-7-6-19-12/h8-9,18H,3-7H2,1-2H3. The van der Waals surface area contributed by atoms with Crippen LogP contribution in [0.3, 0.4) is 0 Å². The minimum absolute atomic E-state index is 0.0216. The molecule has 0 aliphatic carbocycles. The van der Waals surface area contributed by atoms with E-state index >= 15 is 0 Å². The van der Waals surface area contributed by atoms with Gasteiger partial charge in [-0.1, -0.05) is 0 Å². The molecule has 110 valence electrons. The predicted octanol–water partition coefficient (Wildman–Crippen LogP) is 3.17. The normalized spacial score (nSPS) is 25.8. The molecule has 1 saturated heterocycles. The van der Waals surface area contributed by atoms with Gasteiger partial charge < -0.3 is 14.8 Å². The maximum atomic E-state index is 13.7. The molecule has 2 aliphatic heterocycles. The fourth-order valence-electron chi connectivity index (χ4n) is 2.94. The van der Waals surface area contributed by atoms with Gasteiger partial charge in [0.15, 0.2) is 11.5 Å². The average Bonchev–Trinajstić information content (AvgIpc) is 2.84. The Bertz CT molecular complexity index is 519. The van der Waals surface area contributed by atoms with E-state index in [1.54, 1.807) is 6.07 Å². The molecule has 1 aromatic rings. The van der Waals surface area contributed by atoms with E-state index in [9.17, 15) is 8.78 Å². The molecule has 3 nitrogen and oxygen atoms in total. The number of rotatable bonds is 2. The summed E-state index contributed by atoms with van der Waals surface area (Å²) < 4.78 is 38.6. The second-order valence-corrected chi connectivity index (χ2v) is 5.80. The monoisotopic (exact) mass is 283 g/mol. The van der Waals surface area contributed by atoms with Crippen LogP contribution in [-0.2, 0) is 11.5 Å². The predicted molar refractivity (Wildman–Crippen MR) is 71.6 cm³/mol. The highest BCUT2D eigenvalue weighted by molar-refractivity contribution is 5.54. The van der Waals surface area contributed by atoms with Gasteiger partial charge in [0, 0.05) is 23.6 Å². The third-order valence-corrected chi connectivity index (χ3v) is 4.11. The van der Waals surface area contributed by atoms with Gasteiger partial charge in [0.25, 0.3) is 5.92 Å². The Kier molecular flexibility index (Phi) is 3.12. The molecule has 2 aliphatic rings. The highest BCUT2D eigenvalue weighted by Crippen LogP contribution is 2.45. The zero-order chi connectivity index (χ0) is 14.4. The van der Waals surface area contributed by atoms with E-state index in [1.165, 1.54) is 6.07 Å². The summed E-state index contributed by atoms with van der Waals surface area (Å²) in [5, 5.41) is 3.40. The van der Waals surface area contributed by atoms with Gasteiger partial charge in [-0.15, -0.1) is 0 Å². The first-order valence-electron chi connectivity index (χ1n) is 6.98. The number of nitrogens with one attached hydrogen (secondary N) is 1. The summed E-state index contributed by atoms with van der Waals surface area (Å²) in [5.41, 5.74) is 0.432. The van der Waals surface area contributed by atoms with Crippen molar-refractivity contribution >= 4 is 0 Å². The number of halogens is 2. The SMILES string of the molecule is CC(F)(F)c1cc2c(c(C3(C)CCCN3)c1)OCCO2. The maximum Gasteiger partial charge on any atom is 0.270 e. The number of fused-ring (bicyclic) bond motifs is 1. The molecule has 1 unspecified atom stereocenters. The van der Waals surface area contributed by atoms with E-state index in [-0.39, 0.29) is 11.1 Å². The molecule has 3 rings (SSSR count). The first kappa shape index (κ1) is 13.6. The summed E-state index contributed by atoms with van der Waals surface area (Å²) in [7, 11) is 0. The second kappa shape index (κ2) is 4.58. The smallest absolute Gasteiger partial charge is 0.270 e. The summed E-state index contributed by atoms with van der Waals surface area (Å²) >= 11 is 0. The van der Waals surface area contributed by atoms with Crippen LogP contribution in [0.1, 0.15) is 37.8 Å². The van der Waals surface area contributed by atoms with Crippen LogP contribution < -0.4 is 14.8 Å². The van der Waals surface area contributed by atoms with Crippen molar-refractivity contribution in [1.29, 1.82) is 0 Å². The van der Waals surface area contributed by atoms with Crippen molar-refractivity contribution in [3.8, 4) is 11.5 Å². The van der Waals surface area contributed by atoms with Crippen LogP contribution >= 0.6 is 0 Å². The average molecular weight is 283 g/mol. The zero-order valence-electron chi connectivity index (χ0n) is 11.8. The van der Waals surface area contributed by atoms with Crippen molar-refractivity contribution in [2.24, 2.45) is 0 Å². The van der Waals surface area contributed by atoms with E-state index in [0.717, 1.165) is 31.9 Å². The van der Waals surface area contributed by atoms with Crippen LogP contribution in [-0.4, -0.2) is 19.8 Å². The number of alkyl halides is 2. The Balaban J connectivity index is 2.15. The number of ether oxygens (including phenoxy) is 2. The van der Waals surface area contributed by atoms with Crippen LogP contribution in [0, 0.1) is 0 Å². The van der Waals surface area contributed by atoms with Gasteiger partial charge in [-0.3, -0.25) is 0 Å². The third-order valence-electron chi connectivity index (χ3n) is 4.11. The summed E-state index contributed by atoms with van der Waals surface area (Å²) in [6, 6.07) is 2.96. The molecular formula is C15H19F2NO2.